The molecule has 0 aromatic heterocycles. The first-order valence-electron chi connectivity index (χ1n) is 7.20. The zero-order chi connectivity index (χ0) is 20.6. The van der Waals surface area contributed by atoms with Gasteiger partial charge in [-0.1, -0.05) is 24.3 Å². The molecule has 4 N–H and O–H groups in total. The number of alkyl halides is 6. The molecule has 26 heavy (non-hydrogen) atoms. The van der Waals surface area contributed by atoms with Crippen LogP contribution in [0.3, 0.4) is 0 Å². The first-order valence-corrected chi connectivity index (χ1v) is 7.20. The third-order valence-electron chi connectivity index (χ3n) is 2.32. The lowest BCUT2D eigenvalue weighted by molar-refractivity contribution is -0.193. The molecule has 0 aliphatic carbocycles. The first-order chi connectivity index (χ1) is 11.9. The number of hydrogen-bond acceptors (Lipinski definition) is 4. The highest BCUT2D eigenvalue weighted by Crippen LogP contribution is 2.13. The third-order valence-corrected chi connectivity index (χ3v) is 2.32. The Morgan fingerprint density at radius 1 is 0.692 bits per heavy atom. The largest absolute Gasteiger partial charge is 0.490 e. The summed E-state index contributed by atoms with van der Waals surface area (Å²) in [5.41, 5.74) is 0. The lowest BCUT2D eigenvalue weighted by Crippen LogP contribution is -2.21. The van der Waals surface area contributed by atoms with Gasteiger partial charge < -0.3 is 20.8 Å². The van der Waals surface area contributed by atoms with Gasteiger partial charge in [0.25, 0.3) is 0 Å². The van der Waals surface area contributed by atoms with Crippen molar-refractivity contribution >= 4 is 11.9 Å². The number of rotatable bonds is 0. The predicted octanol–water partition coefficient (Wildman–Crippen LogP) is 2.34. The summed E-state index contributed by atoms with van der Waals surface area (Å²) in [5.74, 6) is -5.51. The van der Waals surface area contributed by atoms with Crippen molar-refractivity contribution in [2.75, 3.05) is 26.2 Å². The van der Waals surface area contributed by atoms with E-state index in [0.29, 0.717) is 0 Å². The monoisotopic (exact) mass is 394 g/mol. The van der Waals surface area contributed by atoms with E-state index in [0.717, 1.165) is 26.2 Å². The van der Waals surface area contributed by atoms with Crippen LogP contribution in [0.1, 0.15) is 12.8 Å². The summed E-state index contributed by atoms with van der Waals surface area (Å²) in [6.45, 7) is 4.47. The van der Waals surface area contributed by atoms with E-state index >= 15 is 0 Å². The minimum Gasteiger partial charge on any atom is -0.475 e. The van der Waals surface area contributed by atoms with Crippen LogP contribution in [0.15, 0.2) is 24.3 Å². The molecule has 0 saturated carbocycles. The van der Waals surface area contributed by atoms with Crippen LogP contribution in [-0.4, -0.2) is 60.7 Å². The average Bonchev–Trinajstić information content (AvgIpc) is 2.58. The fourth-order valence-electron chi connectivity index (χ4n) is 1.14. The van der Waals surface area contributed by atoms with Crippen LogP contribution in [0.4, 0.5) is 26.3 Å². The third kappa shape index (κ3) is 20.0. The smallest absolute Gasteiger partial charge is 0.475 e. The van der Waals surface area contributed by atoms with Crippen molar-refractivity contribution < 1.29 is 46.1 Å². The summed E-state index contributed by atoms with van der Waals surface area (Å²) >= 11 is 0. The quantitative estimate of drug-likeness (QED) is 0.372. The van der Waals surface area contributed by atoms with Crippen LogP contribution in [0.5, 0.6) is 0 Å². The minimum absolute atomic E-state index is 1.07. The Kier molecular flexibility index (Phi) is 14.2. The fraction of sp³-hybridized carbons (Fsp3) is 0.571. The molecule has 12 heteroatoms. The first kappa shape index (κ1) is 26.2. The molecule has 2 aliphatic heterocycles. The van der Waals surface area contributed by atoms with Crippen molar-refractivity contribution in [3.8, 4) is 0 Å². The molecule has 0 fully saturated rings. The predicted molar refractivity (Wildman–Crippen MR) is 80.6 cm³/mol. The van der Waals surface area contributed by atoms with E-state index in [9.17, 15) is 26.3 Å². The molecule has 2 rings (SSSR count). The molecule has 0 aromatic rings. The Bertz CT molecular complexity index is 403. The Morgan fingerprint density at radius 2 is 0.962 bits per heavy atom. The van der Waals surface area contributed by atoms with Gasteiger partial charge in [-0.15, -0.1) is 0 Å². The molecule has 152 valence electrons. The average molecular weight is 394 g/mol. The Balaban J connectivity index is 0. The summed E-state index contributed by atoms with van der Waals surface area (Å²) in [6.07, 6.45) is 0.972. The summed E-state index contributed by atoms with van der Waals surface area (Å²) in [4.78, 5) is 17.8. The van der Waals surface area contributed by atoms with Gasteiger partial charge in [0.05, 0.1) is 0 Å². The van der Waals surface area contributed by atoms with E-state index in [1.165, 1.54) is 12.8 Å². The van der Waals surface area contributed by atoms with Gasteiger partial charge in [0.2, 0.25) is 0 Å². The summed E-state index contributed by atoms with van der Waals surface area (Å²) < 4.78 is 63.5. The zero-order valence-electron chi connectivity index (χ0n) is 13.5. The standard InChI is InChI=1S/2C5H9N.2C2HF3O2/c2*1-2-4-6-5-3-1;2*3-2(4,5)1(6)7/h2*1-2,6H,3-5H2;2*(H,6,7). The van der Waals surface area contributed by atoms with E-state index in [-0.39, 0.29) is 0 Å². The molecule has 0 spiro atoms. The second-order valence-electron chi connectivity index (χ2n) is 4.53. The van der Waals surface area contributed by atoms with Crippen molar-refractivity contribution in [2.45, 2.75) is 25.2 Å². The Morgan fingerprint density at radius 3 is 1.00 bits per heavy atom. The summed E-state index contributed by atoms with van der Waals surface area (Å²) in [7, 11) is 0. The Hall–Kier alpha value is -2.08. The summed E-state index contributed by atoms with van der Waals surface area (Å²) in [5, 5.41) is 20.6. The van der Waals surface area contributed by atoms with Crippen molar-refractivity contribution in [2.24, 2.45) is 0 Å². The number of halogens is 6. The van der Waals surface area contributed by atoms with Gasteiger partial charge in [0.15, 0.2) is 0 Å². The number of hydrogen-bond donors (Lipinski definition) is 4. The van der Waals surface area contributed by atoms with Gasteiger partial charge in [-0.05, 0) is 25.9 Å². The normalized spacial score (nSPS) is 15.9. The molecule has 0 saturated heterocycles. The number of aliphatic carboxylic acids is 2. The topological polar surface area (TPSA) is 98.7 Å². The van der Waals surface area contributed by atoms with Crippen molar-refractivity contribution in [1.82, 2.24) is 10.6 Å². The molecule has 2 aliphatic rings. The second-order valence-corrected chi connectivity index (χ2v) is 4.53. The minimum atomic E-state index is -5.08. The van der Waals surface area contributed by atoms with Gasteiger partial charge in [0, 0.05) is 13.1 Å². The van der Waals surface area contributed by atoms with Gasteiger partial charge in [0.1, 0.15) is 0 Å². The van der Waals surface area contributed by atoms with Gasteiger partial charge in [-0.3, -0.25) is 0 Å². The number of nitrogens with one attached hydrogen (secondary N) is 2. The molecule has 0 unspecified atom stereocenters. The lowest BCUT2D eigenvalue weighted by Gasteiger charge is -2.01. The number of carboxylic acids is 2. The molecule has 0 atom stereocenters. The van der Waals surface area contributed by atoms with E-state index in [2.05, 4.69) is 34.9 Å². The maximum atomic E-state index is 10.6. The van der Waals surface area contributed by atoms with Gasteiger partial charge in [-0.2, -0.15) is 26.3 Å². The van der Waals surface area contributed by atoms with Crippen LogP contribution in [0.2, 0.25) is 0 Å². The van der Waals surface area contributed by atoms with Crippen LogP contribution >= 0.6 is 0 Å². The van der Waals surface area contributed by atoms with Gasteiger partial charge in [-0.25, -0.2) is 9.59 Å². The lowest BCUT2D eigenvalue weighted by atomic mass is 10.3. The molecule has 0 aromatic carbocycles. The SMILES string of the molecule is C1=CCNCC1.C1=CCNCC1.O=C(O)C(F)(F)F.O=C(O)C(F)(F)F. The fourth-order valence-corrected chi connectivity index (χ4v) is 1.14. The van der Waals surface area contributed by atoms with E-state index in [1.54, 1.807) is 0 Å². The van der Waals surface area contributed by atoms with Crippen LogP contribution in [0, 0.1) is 0 Å². The van der Waals surface area contributed by atoms with Crippen LogP contribution < -0.4 is 10.6 Å². The van der Waals surface area contributed by atoms with E-state index < -0.39 is 24.3 Å². The van der Waals surface area contributed by atoms with Crippen LogP contribution in [0.25, 0.3) is 0 Å². The van der Waals surface area contributed by atoms with Crippen LogP contribution in [-0.2, 0) is 9.59 Å². The second kappa shape index (κ2) is 14.1. The molecular formula is C14H20F6N2O4. The molecule has 0 amide bonds. The highest BCUT2D eigenvalue weighted by atomic mass is 19.4. The zero-order valence-corrected chi connectivity index (χ0v) is 13.5. The number of carbonyl (C=O) groups is 2. The van der Waals surface area contributed by atoms with E-state index in [4.69, 9.17) is 19.8 Å². The van der Waals surface area contributed by atoms with E-state index in [1.807, 2.05) is 0 Å². The molecule has 6 nitrogen and oxygen atoms in total. The highest BCUT2D eigenvalue weighted by molar-refractivity contribution is 5.73. The highest BCUT2D eigenvalue weighted by Gasteiger charge is 2.38. The van der Waals surface area contributed by atoms with Gasteiger partial charge >= 0.3 is 24.3 Å². The molecule has 2 heterocycles. The molecule has 0 bridgehead atoms. The Labute approximate surface area is 145 Å². The number of carboxylic acid groups (broad SMARTS) is 2. The summed E-state index contributed by atoms with van der Waals surface area (Å²) in [6, 6.07) is 0. The maximum Gasteiger partial charge on any atom is 0.490 e. The molecule has 0 radical (unpaired) electrons. The van der Waals surface area contributed by atoms with Crippen molar-refractivity contribution in [3.05, 3.63) is 24.3 Å². The van der Waals surface area contributed by atoms with Crippen molar-refractivity contribution in [1.29, 1.82) is 0 Å². The molecular weight excluding hydrogens is 374 g/mol. The van der Waals surface area contributed by atoms with Crippen molar-refractivity contribution in [3.63, 3.8) is 0 Å². The maximum absolute atomic E-state index is 10.6.